The van der Waals surface area contributed by atoms with E-state index in [1.54, 1.807) is 42.6 Å². The standard InChI is InChI=1S/C19H13N3O2S2/c1-13-2-5-17(6-3-13)26(23,24)22-9-8-14-10-15(12-21-19(14)22)18-7-4-16(11-20)25-18/h2-10,12H,1H3. The van der Waals surface area contributed by atoms with E-state index in [1.165, 1.54) is 21.5 Å². The Morgan fingerprint density at radius 3 is 2.58 bits per heavy atom. The topological polar surface area (TPSA) is 75.8 Å². The van der Waals surface area contributed by atoms with Crippen molar-refractivity contribution in [3.05, 3.63) is 71.4 Å². The molecule has 0 aliphatic rings. The number of aromatic nitrogens is 2. The first kappa shape index (κ1) is 16.5. The fraction of sp³-hybridized carbons (Fsp3) is 0.0526. The fourth-order valence-electron chi connectivity index (χ4n) is 2.71. The Balaban J connectivity index is 1.80. The van der Waals surface area contributed by atoms with Crippen LogP contribution in [0.1, 0.15) is 10.4 Å². The van der Waals surface area contributed by atoms with Crippen molar-refractivity contribution in [1.29, 1.82) is 5.26 Å². The van der Waals surface area contributed by atoms with E-state index in [0.717, 1.165) is 21.4 Å². The largest absolute Gasteiger partial charge is 0.269 e. The summed E-state index contributed by atoms with van der Waals surface area (Å²) in [5.74, 6) is 0. The Kier molecular flexibility index (Phi) is 3.87. The lowest BCUT2D eigenvalue weighted by atomic mass is 10.2. The number of rotatable bonds is 3. The number of hydrogen-bond acceptors (Lipinski definition) is 5. The summed E-state index contributed by atoms with van der Waals surface area (Å²) in [5.41, 5.74) is 2.23. The summed E-state index contributed by atoms with van der Waals surface area (Å²) in [7, 11) is -3.70. The number of fused-ring (bicyclic) bond motifs is 1. The molecule has 0 bridgehead atoms. The molecule has 26 heavy (non-hydrogen) atoms. The number of nitrogens with zero attached hydrogens (tertiary/aromatic N) is 3. The van der Waals surface area contributed by atoms with Crippen LogP contribution in [0, 0.1) is 18.3 Å². The summed E-state index contributed by atoms with van der Waals surface area (Å²) in [5, 5.41) is 9.69. The number of thiophene rings is 1. The third-order valence-corrected chi connectivity index (χ3v) is 6.79. The molecule has 5 nitrogen and oxygen atoms in total. The number of aryl methyl sites for hydroxylation is 1. The van der Waals surface area contributed by atoms with Gasteiger partial charge in [-0.05, 0) is 43.3 Å². The summed E-state index contributed by atoms with van der Waals surface area (Å²) in [6.45, 7) is 1.91. The molecular formula is C19H13N3O2S2. The second-order valence-corrected chi connectivity index (χ2v) is 8.74. The van der Waals surface area contributed by atoms with E-state index in [4.69, 9.17) is 5.26 Å². The maximum absolute atomic E-state index is 12.9. The Morgan fingerprint density at radius 2 is 1.88 bits per heavy atom. The van der Waals surface area contributed by atoms with Crippen molar-refractivity contribution in [2.45, 2.75) is 11.8 Å². The summed E-state index contributed by atoms with van der Waals surface area (Å²) in [4.78, 5) is 6.14. The Hall–Kier alpha value is -2.95. The van der Waals surface area contributed by atoms with Gasteiger partial charge in [0.2, 0.25) is 0 Å². The fourth-order valence-corrected chi connectivity index (χ4v) is 4.80. The van der Waals surface area contributed by atoms with Gasteiger partial charge in [-0.3, -0.25) is 0 Å². The van der Waals surface area contributed by atoms with Gasteiger partial charge < -0.3 is 0 Å². The molecule has 0 aliphatic heterocycles. The number of hydrogen-bond donors (Lipinski definition) is 0. The minimum absolute atomic E-state index is 0.225. The zero-order valence-electron chi connectivity index (χ0n) is 13.7. The second-order valence-electron chi connectivity index (χ2n) is 5.84. The van der Waals surface area contributed by atoms with Crippen LogP contribution < -0.4 is 0 Å². The maximum Gasteiger partial charge on any atom is 0.269 e. The van der Waals surface area contributed by atoms with Crippen LogP contribution >= 0.6 is 11.3 Å². The smallest absolute Gasteiger partial charge is 0.237 e. The van der Waals surface area contributed by atoms with Gasteiger partial charge in [-0.25, -0.2) is 17.4 Å². The molecule has 7 heteroatoms. The normalized spacial score (nSPS) is 11.5. The van der Waals surface area contributed by atoms with E-state index in [-0.39, 0.29) is 4.90 Å². The maximum atomic E-state index is 12.9. The summed E-state index contributed by atoms with van der Waals surface area (Å²) < 4.78 is 27.0. The lowest BCUT2D eigenvalue weighted by molar-refractivity contribution is 0.588. The molecule has 0 saturated heterocycles. The molecule has 0 amide bonds. The molecule has 0 aliphatic carbocycles. The minimum Gasteiger partial charge on any atom is -0.237 e. The van der Waals surface area contributed by atoms with E-state index in [2.05, 4.69) is 11.1 Å². The molecule has 0 fully saturated rings. The molecule has 4 rings (SSSR count). The number of nitriles is 1. The highest BCUT2D eigenvalue weighted by Crippen LogP contribution is 2.30. The van der Waals surface area contributed by atoms with Gasteiger partial charge in [0.05, 0.1) is 4.90 Å². The molecule has 4 aromatic rings. The molecule has 3 heterocycles. The quantitative estimate of drug-likeness (QED) is 0.535. The first-order valence-electron chi connectivity index (χ1n) is 7.79. The first-order chi connectivity index (χ1) is 12.5. The monoisotopic (exact) mass is 379 g/mol. The van der Waals surface area contributed by atoms with E-state index in [9.17, 15) is 8.42 Å². The van der Waals surface area contributed by atoms with Gasteiger partial charge >= 0.3 is 0 Å². The summed E-state index contributed by atoms with van der Waals surface area (Å²) in [6.07, 6.45) is 3.16. The molecule has 128 valence electrons. The SMILES string of the molecule is Cc1ccc(S(=O)(=O)n2ccc3cc(-c4ccc(C#N)s4)cnc32)cc1. The third-order valence-electron chi connectivity index (χ3n) is 4.07. The van der Waals surface area contributed by atoms with E-state index in [1.807, 2.05) is 19.1 Å². The van der Waals surface area contributed by atoms with Gasteiger partial charge in [-0.1, -0.05) is 17.7 Å². The van der Waals surface area contributed by atoms with Crippen molar-refractivity contribution in [3.63, 3.8) is 0 Å². The zero-order chi connectivity index (χ0) is 18.3. The Morgan fingerprint density at radius 1 is 1.12 bits per heavy atom. The van der Waals surface area contributed by atoms with Gasteiger partial charge in [-0.15, -0.1) is 11.3 Å². The van der Waals surface area contributed by atoms with Crippen LogP contribution in [-0.4, -0.2) is 17.4 Å². The van der Waals surface area contributed by atoms with Gasteiger partial charge in [0.1, 0.15) is 10.9 Å². The lowest BCUT2D eigenvalue weighted by Gasteiger charge is -2.07. The van der Waals surface area contributed by atoms with Crippen LogP contribution in [0.25, 0.3) is 21.5 Å². The molecule has 0 N–H and O–H groups in total. The third kappa shape index (κ3) is 2.69. The van der Waals surface area contributed by atoms with Crippen molar-refractivity contribution in [3.8, 4) is 16.5 Å². The lowest BCUT2D eigenvalue weighted by Crippen LogP contribution is -2.12. The van der Waals surface area contributed by atoms with E-state index >= 15 is 0 Å². The molecule has 0 saturated carbocycles. The van der Waals surface area contributed by atoms with Crippen molar-refractivity contribution < 1.29 is 8.42 Å². The van der Waals surface area contributed by atoms with Crippen LogP contribution in [0.2, 0.25) is 0 Å². The first-order valence-corrected chi connectivity index (χ1v) is 10.0. The van der Waals surface area contributed by atoms with Gasteiger partial charge in [0.25, 0.3) is 10.0 Å². The molecule has 1 aromatic carbocycles. The average molecular weight is 379 g/mol. The van der Waals surface area contributed by atoms with E-state index in [0.29, 0.717) is 10.5 Å². The van der Waals surface area contributed by atoms with Crippen LogP contribution in [0.3, 0.4) is 0 Å². The van der Waals surface area contributed by atoms with Crippen LogP contribution in [0.15, 0.2) is 65.8 Å². The van der Waals surface area contributed by atoms with Crippen LogP contribution in [0.4, 0.5) is 0 Å². The highest BCUT2D eigenvalue weighted by Gasteiger charge is 2.19. The van der Waals surface area contributed by atoms with Gasteiger partial charge in [0.15, 0.2) is 5.65 Å². The van der Waals surface area contributed by atoms with Crippen molar-refractivity contribution >= 4 is 32.4 Å². The highest BCUT2D eigenvalue weighted by atomic mass is 32.2. The Bertz CT molecular complexity index is 1260. The predicted molar refractivity (Wildman–Crippen MR) is 102 cm³/mol. The number of benzene rings is 1. The van der Waals surface area contributed by atoms with Gasteiger partial charge in [-0.2, -0.15) is 5.26 Å². The summed E-state index contributed by atoms with van der Waals surface area (Å²) in [6, 6.07) is 16.1. The second kappa shape index (κ2) is 6.09. The van der Waals surface area contributed by atoms with Crippen molar-refractivity contribution in [1.82, 2.24) is 8.96 Å². The zero-order valence-corrected chi connectivity index (χ0v) is 15.4. The number of pyridine rings is 1. The molecule has 0 radical (unpaired) electrons. The van der Waals surface area contributed by atoms with Crippen molar-refractivity contribution in [2.24, 2.45) is 0 Å². The summed E-state index contributed by atoms with van der Waals surface area (Å²) >= 11 is 1.38. The van der Waals surface area contributed by atoms with Gasteiger partial charge in [0, 0.05) is 28.2 Å². The minimum atomic E-state index is -3.70. The highest BCUT2D eigenvalue weighted by molar-refractivity contribution is 7.90. The Labute approximate surface area is 154 Å². The van der Waals surface area contributed by atoms with Crippen LogP contribution in [-0.2, 0) is 10.0 Å². The molecule has 0 unspecified atom stereocenters. The van der Waals surface area contributed by atoms with Crippen molar-refractivity contribution in [2.75, 3.05) is 0 Å². The van der Waals surface area contributed by atoms with E-state index < -0.39 is 10.0 Å². The van der Waals surface area contributed by atoms with Crippen LogP contribution in [0.5, 0.6) is 0 Å². The molecular weight excluding hydrogens is 366 g/mol. The molecule has 3 aromatic heterocycles. The predicted octanol–water partition coefficient (Wildman–Crippen LogP) is 4.18. The molecule has 0 atom stereocenters. The average Bonchev–Trinajstić information content (AvgIpc) is 3.28. The molecule has 0 spiro atoms.